The van der Waals surface area contributed by atoms with E-state index < -0.39 is 0 Å². The van der Waals surface area contributed by atoms with Crippen molar-refractivity contribution in [2.24, 2.45) is 0 Å². The zero-order valence-electron chi connectivity index (χ0n) is 7.90. The number of nitrogens with one attached hydrogen (secondary N) is 2. The van der Waals surface area contributed by atoms with Crippen molar-refractivity contribution in [1.82, 2.24) is 5.32 Å². The molecule has 2 N–H and O–H groups in total. The lowest BCUT2D eigenvalue weighted by molar-refractivity contribution is -0.115. The molecule has 0 aliphatic carbocycles. The molecule has 0 heterocycles. The Morgan fingerprint density at radius 1 is 1.40 bits per heavy atom. The van der Waals surface area contributed by atoms with Gasteiger partial charge in [-0.3, -0.25) is 4.79 Å². The van der Waals surface area contributed by atoms with Crippen molar-refractivity contribution < 1.29 is 4.79 Å². The first-order chi connectivity index (χ1) is 7.06. The first-order valence-corrected chi connectivity index (χ1v) is 5.69. The Balaban J connectivity index is 2.87. The molecular weight excluding hydrogens is 303 g/mol. The van der Waals surface area contributed by atoms with Gasteiger partial charge in [-0.25, -0.2) is 0 Å². The molecule has 82 valence electrons. The summed E-state index contributed by atoms with van der Waals surface area (Å²) in [5, 5.41) is 6.09. The van der Waals surface area contributed by atoms with Crippen LogP contribution in [0, 0.1) is 0 Å². The third-order valence-electron chi connectivity index (χ3n) is 1.65. The van der Waals surface area contributed by atoms with Crippen molar-refractivity contribution in [2.75, 3.05) is 18.9 Å². The standard InChI is InChI=1S/C9H9BrCl2N2O/c1-13-4-7(15)14-6-3-2-5(10)8(11)9(6)12/h2-3,13H,4H2,1H3,(H,14,15). The van der Waals surface area contributed by atoms with Gasteiger partial charge in [-0.2, -0.15) is 0 Å². The fraction of sp³-hybridized carbons (Fsp3) is 0.222. The quantitative estimate of drug-likeness (QED) is 0.843. The van der Waals surface area contributed by atoms with Crippen molar-refractivity contribution in [2.45, 2.75) is 0 Å². The van der Waals surface area contributed by atoms with Crippen LogP contribution in [0.5, 0.6) is 0 Å². The Hall–Kier alpha value is -0.290. The molecule has 1 amide bonds. The summed E-state index contributed by atoms with van der Waals surface area (Å²) >= 11 is 15.1. The summed E-state index contributed by atoms with van der Waals surface area (Å²) in [6, 6.07) is 3.41. The molecule has 0 aliphatic rings. The van der Waals surface area contributed by atoms with Crippen LogP contribution < -0.4 is 10.6 Å². The molecular formula is C9H9BrCl2N2O. The average Bonchev–Trinajstić information content (AvgIpc) is 2.20. The van der Waals surface area contributed by atoms with Crippen LogP contribution in [-0.4, -0.2) is 19.5 Å². The molecule has 3 nitrogen and oxygen atoms in total. The van der Waals surface area contributed by atoms with Crippen molar-refractivity contribution in [3.05, 3.63) is 26.7 Å². The Morgan fingerprint density at radius 2 is 2.07 bits per heavy atom. The van der Waals surface area contributed by atoms with E-state index in [0.29, 0.717) is 20.2 Å². The maximum atomic E-state index is 11.3. The van der Waals surface area contributed by atoms with Crippen LogP contribution in [0.4, 0.5) is 5.69 Å². The molecule has 0 radical (unpaired) electrons. The average molecular weight is 312 g/mol. The van der Waals surface area contributed by atoms with E-state index in [-0.39, 0.29) is 12.5 Å². The summed E-state index contributed by atoms with van der Waals surface area (Å²) in [5.41, 5.74) is 0.505. The molecule has 0 saturated heterocycles. The molecule has 0 unspecified atom stereocenters. The van der Waals surface area contributed by atoms with E-state index >= 15 is 0 Å². The number of carbonyl (C=O) groups excluding carboxylic acids is 1. The fourth-order valence-corrected chi connectivity index (χ4v) is 1.80. The predicted molar refractivity (Wildman–Crippen MR) is 66.7 cm³/mol. The number of rotatable bonds is 3. The minimum Gasteiger partial charge on any atom is -0.324 e. The molecule has 0 fully saturated rings. The molecule has 0 spiro atoms. The van der Waals surface area contributed by atoms with E-state index in [0.717, 1.165) is 0 Å². The molecule has 0 atom stereocenters. The van der Waals surface area contributed by atoms with Gasteiger partial charge in [0.1, 0.15) is 0 Å². The third-order valence-corrected chi connectivity index (χ3v) is 3.42. The topological polar surface area (TPSA) is 41.1 Å². The predicted octanol–water partition coefficient (Wildman–Crippen LogP) is 2.91. The largest absolute Gasteiger partial charge is 0.324 e. The highest BCUT2D eigenvalue weighted by atomic mass is 79.9. The number of halogens is 3. The lowest BCUT2D eigenvalue weighted by Gasteiger charge is -2.08. The van der Waals surface area contributed by atoms with Crippen LogP contribution >= 0.6 is 39.1 Å². The van der Waals surface area contributed by atoms with Gasteiger partial charge in [0.15, 0.2) is 0 Å². The van der Waals surface area contributed by atoms with Gasteiger partial charge in [-0.1, -0.05) is 23.2 Å². The minimum absolute atomic E-state index is 0.169. The molecule has 0 aromatic heterocycles. The highest BCUT2D eigenvalue weighted by Gasteiger charge is 2.10. The highest BCUT2D eigenvalue weighted by Crippen LogP contribution is 2.35. The monoisotopic (exact) mass is 310 g/mol. The third kappa shape index (κ3) is 3.34. The van der Waals surface area contributed by atoms with Gasteiger partial charge >= 0.3 is 0 Å². The Labute approximate surface area is 106 Å². The van der Waals surface area contributed by atoms with Crippen LogP contribution in [0.1, 0.15) is 0 Å². The van der Waals surface area contributed by atoms with Crippen LogP contribution in [0.3, 0.4) is 0 Å². The summed E-state index contributed by atoms with van der Waals surface area (Å²) < 4.78 is 0.695. The number of amides is 1. The van der Waals surface area contributed by atoms with Crippen molar-refractivity contribution in [1.29, 1.82) is 0 Å². The molecule has 1 aromatic carbocycles. The second-order valence-electron chi connectivity index (χ2n) is 2.80. The van der Waals surface area contributed by atoms with E-state index in [4.69, 9.17) is 23.2 Å². The molecule has 0 saturated carbocycles. The van der Waals surface area contributed by atoms with E-state index in [9.17, 15) is 4.79 Å². The zero-order chi connectivity index (χ0) is 11.4. The Morgan fingerprint density at radius 3 is 2.67 bits per heavy atom. The fourth-order valence-electron chi connectivity index (χ4n) is 0.977. The minimum atomic E-state index is -0.169. The summed E-state index contributed by atoms with van der Waals surface area (Å²) in [6.45, 7) is 0.226. The van der Waals surface area contributed by atoms with Crippen LogP contribution in [-0.2, 0) is 4.79 Å². The van der Waals surface area contributed by atoms with Crippen LogP contribution in [0.2, 0.25) is 10.0 Å². The first-order valence-electron chi connectivity index (χ1n) is 4.14. The number of hydrogen-bond acceptors (Lipinski definition) is 2. The van der Waals surface area contributed by atoms with Gasteiger partial charge in [0.05, 0.1) is 22.3 Å². The number of hydrogen-bond donors (Lipinski definition) is 2. The Kier molecular flexibility index (Phi) is 4.86. The van der Waals surface area contributed by atoms with E-state index in [1.807, 2.05) is 0 Å². The molecule has 1 rings (SSSR count). The smallest absolute Gasteiger partial charge is 0.238 e. The van der Waals surface area contributed by atoms with Gasteiger partial charge in [0, 0.05) is 4.47 Å². The highest BCUT2D eigenvalue weighted by molar-refractivity contribution is 9.10. The molecule has 0 bridgehead atoms. The van der Waals surface area contributed by atoms with Gasteiger partial charge in [-0.15, -0.1) is 0 Å². The van der Waals surface area contributed by atoms with Crippen LogP contribution in [0.15, 0.2) is 16.6 Å². The maximum Gasteiger partial charge on any atom is 0.238 e. The first kappa shape index (κ1) is 12.8. The van der Waals surface area contributed by atoms with E-state index in [1.165, 1.54) is 0 Å². The van der Waals surface area contributed by atoms with Crippen molar-refractivity contribution in [3.63, 3.8) is 0 Å². The summed E-state index contributed by atoms with van der Waals surface area (Å²) in [6.07, 6.45) is 0. The van der Waals surface area contributed by atoms with Gasteiger partial charge in [0.25, 0.3) is 0 Å². The Bertz CT molecular complexity index is 385. The SMILES string of the molecule is CNCC(=O)Nc1ccc(Br)c(Cl)c1Cl. The molecule has 1 aromatic rings. The number of anilines is 1. The van der Waals surface area contributed by atoms with Gasteiger partial charge in [-0.05, 0) is 35.1 Å². The van der Waals surface area contributed by atoms with Crippen LogP contribution in [0.25, 0.3) is 0 Å². The van der Waals surface area contributed by atoms with E-state index in [1.54, 1.807) is 19.2 Å². The number of carbonyl (C=O) groups is 1. The number of benzene rings is 1. The lowest BCUT2D eigenvalue weighted by atomic mass is 10.3. The normalized spacial score (nSPS) is 10.1. The van der Waals surface area contributed by atoms with Gasteiger partial charge < -0.3 is 10.6 Å². The van der Waals surface area contributed by atoms with Gasteiger partial charge in [0.2, 0.25) is 5.91 Å². The van der Waals surface area contributed by atoms with Crippen molar-refractivity contribution in [3.8, 4) is 0 Å². The molecule has 6 heteroatoms. The second-order valence-corrected chi connectivity index (χ2v) is 4.41. The number of likely N-dealkylation sites (N-methyl/N-ethyl adjacent to an activating group) is 1. The molecule has 15 heavy (non-hydrogen) atoms. The molecule has 0 aliphatic heterocycles. The summed E-state index contributed by atoms with van der Waals surface area (Å²) in [4.78, 5) is 11.3. The van der Waals surface area contributed by atoms with E-state index in [2.05, 4.69) is 26.6 Å². The summed E-state index contributed by atoms with van der Waals surface area (Å²) in [5.74, 6) is -0.169. The maximum absolute atomic E-state index is 11.3. The summed E-state index contributed by atoms with van der Waals surface area (Å²) in [7, 11) is 1.69. The lowest BCUT2D eigenvalue weighted by Crippen LogP contribution is -2.25. The zero-order valence-corrected chi connectivity index (χ0v) is 11.0. The van der Waals surface area contributed by atoms with Crippen molar-refractivity contribution >= 4 is 50.7 Å². The second kappa shape index (κ2) is 5.70.